The normalized spacial score (nSPS) is 13.9. The maximum Gasteiger partial charge on any atom is 0.326 e. The minimum atomic E-state index is -0.890. The van der Waals surface area contributed by atoms with Crippen molar-refractivity contribution in [2.75, 3.05) is 18.6 Å². The van der Waals surface area contributed by atoms with Crippen LogP contribution in [0.5, 0.6) is 0 Å². The zero-order chi connectivity index (χ0) is 14.8. The van der Waals surface area contributed by atoms with Crippen LogP contribution in [0.15, 0.2) is 0 Å². The van der Waals surface area contributed by atoms with E-state index >= 15 is 0 Å². The average Bonchev–Trinajstić information content (AvgIpc) is 2.26. The molecule has 0 aromatic rings. The van der Waals surface area contributed by atoms with Gasteiger partial charge in [0.2, 0.25) is 0 Å². The summed E-state index contributed by atoms with van der Waals surface area (Å²) in [6.07, 6.45) is 3.95. The van der Waals surface area contributed by atoms with Gasteiger partial charge in [0.25, 0.3) is 0 Å². The Morgan fingerprint density at radius 3 is 2.47 bits per heavy atom. The van der Waals surface area contributed by atoms with Gasteiger partial charge >= 0.3 is 5.97 Å². The summed E-state index contributed by atoms with van der Waals surface area (Å²) in [4.78, 5) is 11.0. The van der Waals surface area contributed by atoms with Crippen molar-refractivity contribution in [1.82, 2.24) is 10.6 Å². The Kier molecular flexibility index (Phi) is 9.77. The van der Waals surface area contributed by atoms with Crippen LogP contribution in [0.1, 0.15) is 33.1 Å². The third kappa shape index (κ3) is 10.9. The fraction of sp³-hybridized carbons (Fsp3) is 0.833. The lowest BCUT2D eigenvalue weighted by molar-refractivity contribution is -0.139. The number of aliphatic carboxylic acids is 1. The first kappa shape index (κ1) is 18.3. The number of carboxylic acids is 1. The number of carbonyl (C=O) groups is 1. The van der Waals surface area contributed by atoms with E-state index in [0.717, 1.165) is 12.8 Å². The number of hydrogen-bond donors (Lipinski definition) is 3. The van der Waals surface area contributed by atoms with Crippen LogP contribution in [0.3, 0.4) is 0 Å². The summed E-state index contributed by atoms with van der Waals surface area (Å²) in [5.74, 6) is 0.0858. The Bertz CT molecular complexity index is 322. The van der Waals surface area contributed by atoms with E-state index in [2.05, 4.69) is 10.6 Å². The fourth-order valence-electron chi connectivity index (χ4n) is 1.53. The van der Waals surface area contributed by atoms with Gasteiger partial charge in [-0.05, 0) is 37.4 Å². The Balaban J connectivity index is 3.87. The molecule has 0 aromatic carbocycles. The first-order valence-corrected chi connectivity index (χ1v) is 8.53. The maximum absolute atomic E-state index is 11.0. The molecular formula is C12H24N2O3S2. The third-order valence-electron chi connectivity index (χ3n) is 2.45. The molecule has 0 fully saturated rings. The lowest BCUT2D eigenvalue weighted by Gasteiger charge is -2.18. The number of unbranched alkanes of at least 4 members (excludes halogenated alkanes) is 1. The van der Waals surface area contributed by atoms with Crippen molar-refractivity contribution in [1.29, 1.82) is 0 Å². The van der Waals surface area contributed by atoms with Gasteiger partial charge in [0, 0.05) is 29.4 Å². The van der Waals surface area contributed by atoms with E-state index in [1.165, 1.54) is 0 Å². The van der Waals surface area contributed by atoms with Crippen LogP contribution in [-0.4, -0.2) is 45.0 Å². The zero-order valence-corrected chi connectivity index (χ0v) is 13.4. The van der Waals surface area contributed by atoms with Gasteiger partial charge in [0.15, 0.2) is 5.11 Å². The summed E-state index contributed by atoms with van der Waals surface area (Å²) in [5, 5.41) is 15.2. The molecule has 0 saturated heterocycles. The summed E-state index contributed by atoms with van der Waals surface area (Å²) in [6, 6.07) is -0.650. The van der Waals surface area contributed by atoms with E-state index in [0.29, 0.717) is 23.8 Å². The number of hydrogen-bond acceptors (Lipinski definition) is 3. The largest absolute Gasteiger partial charge is 0.480 e. The molecule has 0 aliphatic rings. The Morgan fingerprint density at radius 2 is 2.00 bits per heavy atom. The van der Waals surface area contributed by atoms with Gasteiger partial charge < -0.3 is 15.7 Å². The van der Waals surface area contributed by atoms with Crippen LogP contribution >= 0.6 is 12.2 Å². The second-order valence-corrected chi connectivity index (χ2v) is 6.87. The monoisotopic (exact) mass is 308 g/mol. The average molecular weight is 308 g/mol. The lowest BCUT2D eigenvalue weighted by atomic mass is 10.0. The highest BCUT2D eigenvalue weighted by Gasteiger charge is 2.19. The molecule has 3 N–H and O–H groups in total. The molecular weight excluding hydrogens is 284 g/mol. The van der Waals surface area contributed by atoms with Crippen LogP contribution in [-0.2, 0) is 15.6 Å². The summed E-state index contributed by atoms with van der Waals surface area (Å²) < 4.78 is 10.9. The molecule has 0 heterocycles. The third-order valence-corrected chi connectivity index (χ3v) is 3.58. The molecule has 5 nitrogen and oxygen atoms in total. The van der Waals surface area contributed by atoms with E-state index in [4.69, 9.17) is 17.3 Å². The molecule has 0 aliphatic carbocycles. The summed E-state index contributed by atoms with van der Waals surface area (Å²) in [7, 11) is -0.756. The molecule has 0 saturated carbocycles. The summed E-state index contributed by atoms with van der Waals surface area (Å²) >= 11 is 5.06. The highest BCUT2D eigenvalue weighted by Crippen LogP contribution is 2.04. The lowest BCUT2D eigenvalue weighted by Crippen LogP contribution is -2.46. The maximum atomic E-state index is 11.0. The smallest absolute Gasteiger partial charge is 0.326 e. The van der Waals surface area contributed by atoms with Crippen molar-refractivity contribution in [2.45, 2.75) is 39.2 Å². The van der Waals surface area contributed by atoms with Gasteiger partial charge in [-0.1, -0.05) is 13.8 Å². The van der Waals surface area contributed by atoms with Crippen molar-refractivity contribution in [2.24, 2.45) is 5.92 Å². The van der Waals surface area contributed by atoms with E-state index in [9.17, 15) is 9.00 Å². The second kappa shape index (κ2) is 10.1. The van der Waals surface area contributed by atoms with Gasteiger partial charge in [-0.2, -0.15) is 0 Å². The molecule has 1 unspecified atom stereocenters. The first-order chi connectivity index (χ1) is 8.82. The van der Waals surface area contributed by atoms with Gasteiger partial charge in [-0.3, -0.25) is 4.21 Å². The Morgan fingerprint density at radius 1 is 1.37 bits per heavy atom. The van der Waals surface area contributed by atoms with Crippen molar-refractivity contribution in [3.63, 3.8) is 0 Å². The van der Waals surface area contributed by atoms with Crippen molar-refractivity contribution < 1.29 is 14.1 Å². The van der Waals surface area contributed by atoms with Gasteiger partial charge in [-0.15, -0.1) is 0 Å². The van der Waals surface area contributed by atoms with Crippen molar-refractivity contribution in [3.8, 4) is 0 Å². The summed E-state index contributed by atoms with van der Waals surface area (Å²) in [6.45, 7) is 4.61. The molecule has 0 aromatic heterocycles. The second-order valence-electron chi connectivity index (χ2n) is 4.91. The summed E-state index contributed by atoms with van der Waals surface area (Å²) in [5.41, 5.74) is 0. The SMILES string of the molecule is CC(C)C[C@H](NC(=S)NCCCCS(C)=O)C(=O)O. The highest BCUT2D eigenvalue weighted by atomic mass is 32.2. The zero-order valence-electron chi connectivity index (χ0n) is 11.8. The first-order valence-electron chi connectivity index (χ1n) is 6.40. The quantitative estimate of drug-likeness (QED) is 0.437. The van der Waals surface area contributed by atoms with Crippen LogP contribution in [0, 0.1) is 5.92 Å². The molecule has 7 heteroatoms. The fourth-order valence-corrected chi connectivity index (χ4v) is 2.39. The molecule has 0 spiro atoms. The number of rotatable bonds is 9. The van der Waals surface area contributed by atoms with Crippen LogP contribution in [0.2, 0.25) is 0 Å². The van der Waals surface area contributed by atoms with E-state index in [1.807, 2.05) is 13.8 Å². The van der Waals surface area contributed by atoms with Crippen molar-refractivity contribution in [3.05, 3.63) is 0 Å². The molecule has 0 rings (SSSR count). The molecule has 0 amide bonds. The molecule has 0 radical (unpaired) electrons. The number of thiocarbonyl (C=S) groups is 1. The highest BCUT2D eigenvalue weighted by molar-refractivity contribution is 7.84. The molecule has 19 heavy (non-hydrogen) atoms. The van der Waals surface area contributed by atoms with Gasteiger partial charge in [0.1, 0.15) is 6.04 Å². The van der Waals surface area contributed by atoms with Crippen LogP contribution < -0.4 is 10.6 Å². The van der Waals surface area contributed by atoms with Gasteiger partial charge in [-0.25, -0.2) is 4.79 Å². The molecule has 0 aliphatic heterocycles. The topological polar surface area (TPSA) is 78.4 Å². The predicted molar refractivity (Wildman–Crippen MR) is 82.8 cm³/mol. The number of nitrogens with one attached hydrogen (secondary N) is 2. The standard InChI is InChI=1S/C12H24N2O3S2/c1-9(2)8-10(11(15)16)14-12(18)13-6-4-5-7-19(3)17/h9-10H,4-8H2,1-3H3,(H,15,16)(H2,13,14,18)/t10-,19?/m0/s1. The molecule has 2 atom stereocenters. The van der Waals surface area contributed by atoms with E-state index in [-0.39, 0.29) is 5.92 Å². The molecule has 112 valence electrons. The van der Waals surface area contributed by atoms with E-state index < -0.39 is 22.8 Å². The predicted octanol–water partition coefficient (Wildman–Crippen LogP) is 1.11. The Hall–Kier alpha value is -0.690. The van der Waals surface area contributed by atoms with E-state index in [1.54, 1.807) is 6.26 Å². The minimum Gasteiger partial charge on any atom is -0.480 e. The Labute approximate surface area is 123 Å². The molecule has 0 bridgehead atoms. The van der Waals surface area contributed by atoms with Crippen LogP contribution in [0.4, 0.5) is 0 Å². The van der Waals surface area contributed by atoms with Crippen molar-refractivity contribution >= 4 is 34.1 Å². The number of carboxylic acid groups (broad SMARTS) is 1. The minimum absolute atomic E-state index is 0.288. The van der Waals surface area contributed by atoms with Gasteiger partial charge in [0.05, 0.1) is 0 Å². The van der Waals surface area contributed by atoms with Crippen LogP contribution in [0.25, 0.3) is 0 Å².